The first kappa shape index (κ1) is 18.3. The van der Waals surface area contributed by atoms with Gasteiger partial charge in [0.2, 0.25) is 0 Å². The van der Waals surface area contributed by atoms with E-state index in [0.29, 0.717) is 16.8 Å². The lowest BCUT2D eigenvalue weighted by molar-refractivity contribution is -0.137. The van der Waals surface area contributed by atoms with Crippen molar-refractivity contribution in [2.75, 3.05) is 6.26 Å². The Balaban J connectivity index is 1.96. The molecule has 0 aliphatic rings. The number of rotatable bonds is 4. The standard InChI is InChI=1S/C19H16F3NO2S/c1-26(24,25)18(14-5-3-2-4-6-14)15-7-9-17(10-8-15)23-12-11-16(13-23)19(20,21)22/h2-13,18H,1H3. The molecule has 1 atom stereocenters. The van der Waals surface area contributed by atoms with Crippen LogP contribution in [0.15, 0.2) is 73.1 Å². The van der Waals surface area contributed by atoms with E-state index in [1.807, 2.05) is 0 Å². The highest BCUT2D eigenvalue weighted by atomic mass is 32.2. The number of alkyl halides is 3. The van der Waals surface area contributed by atoms with Gasteiger partial charge in [-0.15, -0.1) is 0 Å². The summed E-state index contributed by atoms with van der Waals surface area (Å²) in [6, 6.07) is 16.3. The molecule has 0 aliphatic heterocycles. The minimum absolute atomic E-state index is 0.518. The molecular weight excluding hydrogens is 363 g/mol. The van der Waals surface area contributed by atoms with Gasteiger partial charge in [-0.05, 0) is 29.3 Å². The van der Waals surface area contributed by atoms with Gasteiger partial charge in [0.05, 0.1) is 5.56 Å². The lowest BCUT2D eigenvalue weighted by Crippen LogP contribution is -2.13. The quantitative estimate of drug-likeness (QED) is 0.663. The van der Waals surface area contributed by atoms with Gasteiger partial charge in [0.15, 0.2) is 9.84 Å². The first-order chi connectivity index (χ1) is 12.2. The van der Waals surface area contributed by atoms with Gasteiger partial charge in [-0.1, -0.05) is 42.5 Å². The van der Waals surface area contributed by atoms with E-state index in [0.717, 1.165) is 12.3 Å². The minimum atomic E-state index is -4.40. The van der Waals surface area contributed by atoms with Crippen LogP contribution in [-0.2, 0) is 16.0 Å². The molecule has 1 aromatic heterocycles. The molecule has 1 heterocycles. The van der Waals surface area contributed by atoms with Gasteiger partial charge >= 0.3 is 6.18 Å². The van der Waals surface area contributed by atoms with Crippen LogP contribution in [0.1, 0.15) is 21.9 Å². The molecule has 7 heteroatoms. The second-order valence-electron chi connectivity index (χ2n) is 6.02. The maximum absolute atomic E-state index is 12.7. The Labute approximate surface area is 149 Å². The van der Waals surface area contributed by atoms with Crippen LogP contribution in [0.3, 0.4) is 0 Å². The number of sulfone groups is 1. The predicted octanol–water partition coefficient (Wildman–Crippen LogP) is 4.63. The van der Waals surface area contributed by atoms with Gasteiger partial charge in [-0.2, -0.15) is 13.2 Å². The largest absolute Gasteiger partial charge is 0.417 e. The van der Waals surface area contributed by atoms with Crippen molar-refractivity contribution in [3.8, 4) is 5.69 Å². The highest BCUT2D eigenvalue weighted by molar-refractivity contribution is 7.91. The van der Waals surface area contributed by atoms with Crippen LogP contribution < -0.4 is 0 Å². The van der Waals surface area contributed by atoms with E-state index >= 15 is 0 Å². The number of hydrogen-bond acceptors (Lipinski definition) is 2. The van der Waals surface area contributed by atoms with Gasteiger partial charge in [0, 0.05) is 24.3 Å². The fourth-order valence-electron chi connectivity index (χ4n) is 2.86. The van der Waals surface area contributed by atoms with Crippen LogP contribution in [0.2, 0.25) is 0 Å². The van der Waals surface area contributed by atoms with Crippen LogP contribution in [0.25, 0.3) is 5.69 Å². The van der Waals surface area contributed by atoms with Crippen LogP contribution in [0, 0.1) is 0 Å². The lowest BCUT2D eigenvalue weighted by Gasteiger charge is -2.17. The SMILES string of the molecule is CS(=O)(=O)C(c1ccccc1)c1ccc(-n2ccc(C(F)(F)F)c2)cc1. The molecule has 3 aromatic rings. The Kier molecular flexibility index (Phi) is 4.66. The number of nitrogens with zero attached hydrogens (tertiary/aromatic N) is 1. The summed E-state index contributed by atoms with van der Waals surface area (Å²) in [5.41, 5.74) is 0.984. The summed E-state index contributed by atoms with van der Waals surface area (Å²) in [4.78, 5) is 0. The topological polar surface area (TPSA) is 39.1 Å². The Morgan fingerprint density at radius 2 is 1.46 bits per heavy atom. The smallest absolute Gasteiger partial charge is 0.323 e. The molecule has 0 N–H and O–H groups in total. The summed E-state index contributed by atoms with van der Waals surface area (Å²) in [6.07, 6.45) is -0.913. The molecule has 136 valence electrons. The van der Waals surface area contributed by atoms with E-state index in [4.69, 9.17) is 0 Å². The van der Waals surface area contributed by atoms with E-state index in [9.17, 15) is 21.6 Å². The third kappa shape index (κ3) is 3.83. The van der Waals surface area contributed by atoms with Gasteiger partial charge in [0.25, 0.3) is 0 Å². The molecule has 0 bridgehead atoms. The second kappa shape index (κ2) is 6.64. The van der Waals surface area contributed by atoms with Crippen molar-refractivity contribution in [2.45, 2.75) is 11.4 Å². The van der Waals surface area contributed by atoms with Gasteiger partial charge < -0.3 is 4.57 Å². The fourth-order valence-corrected chi connectivity index (χ4v) is 4.16. The normalized spacial score (nSPS) is 13.5. The van der Waals surface area contributed by atoms with E-state index in [1.54, 1.807) is 54.6 Å². The van der Waals surface area contributed by atoms with Crippen LogP contribution in [0.4, 0.5) is 13.2 Å². The summed E-state index contributed by atoms with van der Waals surface area (Å²) in [5.74, 6) is 0. The molecule has 3 rings (SSSR count). The Morgan fingerprint density at radius 3 is 1.96 bits per heavy atom. The number of aromatic nitrogens is 1. The second-order valence-corrected chi connectivity index (χ2v) is 8.15. The molecule has 0 aliphatic carbocycles. The zero-order valence-electron chi connectivity index (χ0n) is 13.8. The van der Waals surface area contributed by atoms with Crippen molar-refractivity contribution in [3.05, 3.63) is 89.7 Å². The van der Waals surface area contributed by atoms with Crippen molar-refractivity contribution < 1.29 is 21.6 Å². The first-order valence-electron chi connectivity index (χ1n) is 7.75. The van der Waals surface area contributed by atoms with E-state index in [-0.39, 0.29) is 0 Å². The Hall–Kier alpha value is -2.54. The van der Waals surface area contributed by atoms with E-state index < -0.39 is 26.8 Å². The molecule has 2 aromatic carbocycles. The van der Waals surface area contributed by atoms with E-state index in [1.165, 1.54) is 17.0 Å². The third-order valence-corrected chi connectivity index (χ3v) is 5.45. The minimum Gasteiger partial charge on any atom is -0.323 e. The Bertz CT molecular complexity index is 991. The lowest BCUT2D eigenvalue weighted by atomic mass is 10.0. The maximum atomic E-state index is 12.7. The van der Waals surface area contributed by atoms with E-state index in [2.05, 4.69) is 0 Å². The highest BCUT2D eigenvalue weighted by Gasteiger charge is 2.31. The molecule has 0 amide bonds. The Morgan fingerprint density at radius 1 is 0.885 bits per heavy atom. The van der Waals surface area contributed by atoms with Crippen molar-refractivity contribution in [1.29, 1.82) is 0 Å². The number of hydrogen-bond donors (Lipinski definition) is 0. The van der Waals surface area contributed by atoms with Crippen molar-refractivity contribution in [1.82, 2.24) is 4.57 Å². The molecular formula is C19H16F3NO2S. The average molecular weight is 379 g/mol. The van der Waals surface area contributed by atoms with Crippen LogP contribution in [0.5, 0.6) is 0 Å². The summed E-state index contributed by atoms with van der Waals surface area (Å²) < 4.78 is 64.1. The highest BCUT2D eigenvalue weighted by Crippen LogP contribution is 2.32. The van der Waals surface area contributed by atoms with Crippen molar-refractivity contribution >= 4 is 9.84 Å². The molecule has 0 fully saturated rings. The van der Waals surface area contributed by atoms with Crippen LogP contribution >= 0.6 is 0 Å². The predicted molar refractivity (Wildman–Crippen MR) is 93.9 cm³/mol. The molecule has 26 heavy (non-hydrogen) atoms. The molecule has 0 saturated heterocycles. The fraction of sp³-hybridized carbons (Fsp3) is 0.158. The molecule has 0 radical (unpaired) electrons. The average Bonchev–Trinajstić information content (AvgIpc) is 3.06. The number of benzene rings is 2. The third-order valence-electron chi connectivity index (χ3n) is 4.04. The molecule has 0 spiro atoms. The van der Waals surface area contributed by atoms with Crippen molar-refractivity contribution in [2.24, 2.45) is 0 Å². The maximum Gasteiger partial charge on any atom is 0.417 e. The zero-order valence-corrected chi connectivity index (χ0v) is 14.6. The van der Waals surface area contributed by atoms with Gasteiger partial charge in [-0.25, -0.2) is 8.42 Å². The summed E-state index contributed by atoms with van der Waals surface area (Å²) in [6.45, 7) is 0. The summed E-state index contributed by atoms with van der Waals surface area (Å²) in [7, 11) is -3.42. The van der Waals surface area contributed by atoms with Gasteiger partial charge in [0.1, 0.15) is 5.25 Å². The van der Waals surface area contributed by atoms with Crippen LogP contribution in [-0.4, -0.2) is 19.2 Å². The monoisotopic (exact) mass is 379 g/mol. The number of halogens is 3. The van der Waals surface area contributed by atoms with Crippen molar-refractivity contribution in [3.63, 3.8) is 0 Å². The summed E-state index contributed by atoms with van der Waals surface area (Å²) in [5, 5.41) is -0.826. The molecule has 1 unspecified atom stereocenters. The zero-order chi connectivity index (χ0) is 18.9. The van der Waals surface area contributed by atoms with Gasteiger partial charge in [-0.3, -0.25) is 0 Å². The first-order valence-corrected chi connectivity index (χ1v) is 9.71. The molecule has 0 saturated carbocycles. The summed E-state index contributed by atoms with van der Waals surface area (Å²) >= 11 is 0. The molecule has 3 nitrogen and oxygen atoms in total.